The van der Waals surface area contributed by atoms with Gasteiger partial charge in [0.15, 0.2) is 0 Å². The number of esters is 1. The molecule has 0 spiro atoms. The summed E-state index contributed by atoms with van der Waals surface area (Å²) in [6.07, 6.45) is 11.1. The Kier molecular flexibility index (Phi) is 8.77. The number of benzene rings is 2. The zero-order valence-corrected chi connectivity index (χ0v) is 20.8. The first-order valence-corrected chi connectivity index (χ1v) is 13.3. The van der Waals surface area contributed by atoms with Crippen molar-refractivity contribution >= 4 is 5.97 Å². The third kappa shape index (κ3) is 6.03. The van der Waals surface area contributed by atoms with Gasteiger partial charge in [-0.1, -0.05) is 74.2 Å². The van der Waals surface area contributed by atoms with Gasteiger partial charge in [0.1, 0.15) is 6.10 Å². The molecule has 0 saturated heterocycles. The van der Waals surface area contributed by atoms with Crippen LogP contribution in [-0.4, -0.2) is 25.2 Å². The predicted octanol–water partition coefficient (Wildman–Crippen LogP) is 6.11. The second-order valence-corrected chi connectivity index (χ2v) is 10.2. The fourth-order valence-electron chi connectivity index (χ4n) is 5.83. The SMILES string of the molecule is C=CC1C[C@H](OC(=O)C2(c3ccccc3)CCCCCC2)C1CCNCCc1ccc(C#N)cc1. The molecule has 0 bridgehead atoms. The molecule has 2 aliphatic carbocycles. The summed E-state index contributed by atoms with van der Waals surface area (Å²) >= 11 is 0. The van der Waals surface area contributed by atoms with E-state index < -0.39 is 5.41 Å². The van der Waals surface area contributed by atoms with Gasteiger partial charge in [-0.05, 0) is 74.4 Å². The Balaban J connectivity index is 1.31. The average Bonchev–Trinajstić information content (AvgIpc) is 3.16. The molecule has 0 aromatic heterocycles. The molecule has 3 atom stereocenters. The number of carbonyl (C=O) groups excluding carboxylic acids is 1. The monoisotopic (exact) mass is 470 g/mol. The smallest absolute Gasteiger partial charge is 0.316 e. The number of nitrogens with zero attached hydrogens (tertiary/aromatic N) is 1. The van der Waals surface area contributed by atoms with Gasteiger partial charge < -0.3 is 10.1 Å². The van der Waals surface area contributed by atoms with Crippen molar-refractivity contribution in [2.75, 3.05) is 13.1 Å². The molecule has 2 fully saturated rings. The molecule has 0 radical (unpaired) electrons. The summed E-state index contributed by atoms with van der Waals surface area (Å²) in [7, 11) is 0. The number of rotatable bonds is 10. The van der Waals surface area contributed by atoms with E-state index in [1.165, 1.54) is 18.4 Å². The molecule has 35 heavy (non-hydrogen) atoms. The maximum absolute atomic E-state index is 13.7. The van der Waals surface area contributed by atoms with E-state index in [1.54, 1.807) is 0 Å². The van der Waals surface area contributed by atoms with Crippen molar-refractivity contribution in [2.45, 2.75) is 69.3 Å². The Bertz CT molecular complexity index is 1000. The van der Waals surface area contributed by atoms with Crippen molar-refractivity contribution in [3.05, 3.63) is 83.9 Å². The molecule has 2 aromatic rings. The largest absolute Gasteiger partial charge is 0.461 e. The number of allylic oxidation sites excluding steroid dienone is 1. The van der Waals surface area contributed by atoms with E-state index in [-0.39, 0.29) is 12.1 Å². The molecule has 0 aliphatic heterocycles. The van der Waals surface area contributed by atoms with E-state index in [2.05, 4.69) is 30.1 Å². The highest BCUT2D eigenvalue weighted by Crippen LogP contribution is 2.44. The number of nitrogens with one attached hydrogen (secondary N) is 1. The van der Waals surface area contributed by atoms with Crippen molar-refractivity contribution in [1.82, 2.24) is 5.32 Å². The Morgan fingerprint density at radius 3 is 2.43 bits per heavy atom. The molecular weight excluding hydrogens is 432 g/mol. The summed E-state index contributed by atoms with van der Waals surface area (Å²) in [5, 5.41) is 12.5. The summed E-state index contributed by atoms with van der Waals surface area (Å²) in [5.41, 5.74) is 2.54. The molecule has 4 nitrogen and oxygen atoms in total. The Labute approximate surface area is 210 Å². The van der Waals surface area contributed by atoms with E-state index >= 15 is 0 Å². The van der Waals surface area contributed by atoms with Crippen molar-refractivity contribution in [3.8, 4) is 6.07 Å². The molecule has 0 amide bonds. The molecule has 4 heteroatoms. The lowest BCUT2D eigenvalue weighted by Gasteiger charge is -2.44. The number of hydrogen-bond acceptors (Lipinski definition) is 4. The lowest BCUT2D eigenvalue weighted by atomic mass is 9.68. The van der Waals surface area contributed by atoms with Gasteiger partial charge in [-0.15, -0.1) is 6.58 Å². The van der Waals surface area contributed by atoms with Gasteiger partial charge in [0.25, 0.3) is 0 Å². The Morgan fingerprint density at radius 2 is 1.77 bits per heavy atom. The molecule has 2 aliphatic rings. The fraction of sp³-hybridized carbons (Fsp3) is 0.484. The molecule has 0 heterocycles. The number of nitriles is 1. The van der Waals surface area contributed by atoms with Crippen molar-refractivity contribution < 1.29 is 9.53 Å². The van der Waals surface area contributed by atoms with Gasteiger partial charge >= 0.3 is 5.97 Å². The van der Waals surface area contributed by atoms with Gasteiger partial charge in [0.2, 0.25) is 0 Å². The first kappa shape index (κ1) is 25.2. The van der Waals surface area contributed by atoms with Gasteiger partial charge in [0.05, 0.1) is 17.0 Å². The molecule has 4 rings (SSSR count). The topological polar surface area (TPSA) is 62.1 Å². The lowest BCUT2D eigenvalue weighted by molar-refractivity contribution is -0.169. The van der Waals surface area contributed by atoms with Crippen LogP contribution in [-0.2, 0) is 21.4 Å². The number of hydrogen-bond donors (Lipinski definition) is 1. The summed E-state index contributed by atoms with van der Waals surface area (Å²) < 4.78 is 6.29. The highest BCUT2D eigenvalue weighted by Gasteiger charge is 2.47. The van der Waals surface area contributed by atoms with E-state index in [0.29, 0.717) is 17.4 Å². The molecule has 2 unspecified atom stereocenters. The maximum Gasteiger partial charge on any atom is 0.316 e. The summed E-state index contributed by atoms with van der Waals surface area (Å²) in [6, 6.07) is 20.2. The molecule has 2 aromatic carbocycles. The Morgan fingerprint density at radius 1 is 1.06 bits per heavy atom. The van der Waals surface area contributed by atoms with Crippen molar-refractivity contribution in [2.24, 2.45) is 11.8 Å². The van der Waals surface area contributed by atoms with Crippen LogP contribution < -0.4 is 5.32 Å². The first-order valence-electron chi connectivity index (χ1n) is 13.3. The third-order valence-corrected chi connectivity index (χ3v) is 8.10. The number of carbonyl (C=O) groups is 1. The number of ether oxygens (including phenoxy) is 1. The maximum atomic E-state index is 13.7. The summed E-state index contributed by atoms with van der Waals surface area (Å²) in [4.78, 5) is 13.7. The molecular formula is C31H38N2O2. The van der Waals surface area contributed by atoms with Crippen LogP contribution >= 0.6 is 0 Å². The quantitative estimate of drug-likeness (QED) is 0.197. The van der Waals surface area contributed by atoms with Crippen LogP contribution in [0.5, 0.6) is 0 Å². The zero-order valence-electron chi connectivity index (χ0n) is 20.8. The van der Waals surface area contributed by atoms with Crippen LogP contribution in [0.25, 0.3) is 0 Å². The minimum Gasteiger partial charge on any atom is -0.461 e. The zero-order chi connectivity index (χ0) is 24.5. The van der Waals surface area contributed by atoms with E-state index in [9.17, 15) is 4.79 Å². The van der Waals surface area contributed by atoms with Gasteiger partial charge in [-0.25, -0.2) is 0 Å². The van der Waals surface area contributed by atoms with Crippen molar-refractivity contribution in [3.63, 3.8) is 0 Å². The van der Waals surface area contributed by atoms with Gasteiger partial charge in [0, 0.05) is 5.92 Å². The van der Waals surface area contributed by atoms with Gasteiger partial charge in [-0.2, -0.15) is 5.26 Å². The second-order valence-electron chi connectivity index (χ2n) is 10.2. The highest BCUT2D eigenvalue weighted by atomic mass is 16.5. The van der Waals surface area contributed by atoms with E-state index in [0.717, 1.165) is 63.6 Å². The van der Waals surface area contributed by atoms with Crippen LogP contribution in [0, 0.1) is 23.2 Å². The normalized spacial score (nSPS) is 23.3. The molecule has 1 N–H and O–H groups in total. The average molecular weight is 471 g/mol. The lowest BCUT2D eigenvalue weighted by Crippen LogP contribution is -2.48. The minimum absolute atomic E-state index is 0.0168. The van der Waals surface area contributed by atoms with Crippen LogP contribution in [0.1, 0.15) is 68.1 Å². The van der Waals surface area contributed by atoms with E-state index in [4.69, 9.17) is 10.00 Å². The minimum atomic E-state index is -0.499. The van der Waals surface area contributed by atoms with E-state index in [1.807, 2.05) is 48.5 Å². The summed E-state index contributed by atoms with van der Waals surface area (Å²) in [6.45, 7) is 5.80. The van der Waals surface area contributed by atoms with Crippen LogP contribution in [0.2, 0.25) is 0 Å². The molecule has 2 saturated carbocycles. The third-order valence-electron chi connectivity index (χ3n) is 8.10. The van der Waals surface area contributed by atoms with Crippen molar-refractivity contribution in [1.29, 1.82) is 5.26 Å². The Hall–Kier alpha value is -2.90. The standard InChI is InChI=1S/C31H38N2O2/c1-2-26-22-29(28(26)17-21-33-20-16-24-12-14-25(23-32)15-13-24)35-30(34)31(18-8-3-4-9-19-31)27-10-6-5-7-11-27/h2,5-7,10-15,26,28-29,33H,1,3-4,8-9,16-22H2/t26?,28?,29-/m0/s1. The van der Waals surface area contributed by atoms with Crippen LogP contribution in [0.4, 0.5) is 0 Å². The fourth-order valence-corrected chi connectivity index (χ4v) is 5.83. The van der Waals surface area contributed by atoms with Crippen LogP contribution in [0.15, 0.2) is 67.3 Å². The van der Waals surface area contributed by atoms with Gasteiger partial charge in [-0.3, -0.25) is 4.79 Å². The second kappa shape index (κ2) is 12.2. The highest BCUT2D eigenvalue weighted by molar-refractivity contribution is 5.83. The predicted molar refractivity (Wildman–Crippen MR) is 140 cm³/mol. The summed E-state index contributed by atoms with van der Waals surface area (Å²) in [5.74, 6) is 0.726. The molecule has 184 valence electrons. The van der Waals surface area contributed by atoms with Crippen LogP contribution in [0.3, 0.4) is 0 Å². The first-order chi connectivity index (χ1) is 17.2.